The molecule has 0 aromatic heterocycles. The molecule has 0 radical (unpaired) electrons. The summed E-state index contributed by atoms with van der Waals surface area (Å²) in [4.78, 5) is 0. The summed E-state index contributed by atoms with van der Waals surface area (Å²) in [5.41, 5.74) is 9.22. The van der Waals surface area contributed by atoms with Crippen molar-refractivity contribution in [3.63, 3.8) is 0 Å². The van der Waals surface area contributed by atoms with E-state index in [4.69, 9.17) is 16.2 Å². The SMILES string of the molecule is NCC(F)(CN)CC1CCCCO1. The summed E-state index contributed by atoms with van der Waals surface area (Å²) in [5.74, 6) is 0. The summed E-state index contributed by atoms with van der Waals surface area (Å²) in [6.07, 6.45) is 3.51. The van der Waals surface area contributed by atoms with Gasteiger partial charge in [-0.15, -0.1) is 0 Å². The summed E-state index contributed by atoms with van der Waals surface area (Å²) in [5, 5.41) is 0. The predicted octanol–water partition coefficient (Wildman–Crippen LogP) is 0.571. The van der Waals surface area contributed by atoms with Crippen molar-refractivity contribution in [2.45, 2.75) is 37.5 Å². The van der Waals surface area contributed by atoms with Gasteiger partial charge in [0.25, 0.3) is 0 Å². The number of hydrogen-bond acceptors (Lipinski definition) is 3. The Balaban J connectivity index is 2.35. The zero-order valence-corrected chi connectivity index (χ0v) is 7.97. The Morgan fingerprint density at radius 3 is 2.46 bits per heavy atom. The maximum absolute atomic E-state index is 13.7. The fourth-order valence-corrected chi connectivity index (χ4v) is 1.63. The van der Waals surface area contributed by atoms with Crippen LogP contribution in [-0.4, -0.2) is 31.5 Å². The monoisotopic (exact) mass is 190 g/mol. The first-order valence-corrected chi connectivity index (χ1v) is 4.91. The average Bonchev–Trinajstić information content (AvgIpc) is 2.19. The number of nitrogens with two attached hydrogens (primary N) is 2. The zero-order chi connectivity index (χ0) is 9.73. The predicted molar refractivity (Wildman–Crippen MR) is 50.2 cm³/mol. The van der Waals surface area contributed by atoms with E-state index in [-0.39, 0.29) is 19.2 Å². The Kier molecular flexibility index (Phi) is 4.09. The molecule has 0 saturated carbocycles. The van der Waals surface area contributed by atoms with Gasteiger partial charge in [-0.1, -0.05) is 0 Å². The number of alkyl halides is 1. The third kappa shape index (κ3) is 3.21. The second-order valence-electron chi connectivity index (χ2n) is 3.75. The molecule has 1 atom stereocenters. The smallest absolute Gasteiger partial charge is 0.137 e. The van der Waals surface area contributed by atoms with E-state index in [0.717, 1.165) is 25.9 Å². The fraction of sp³-hybridized carbons (Fsp3) is 1.00. The van der Waals surface area contributed by atoms with Crippen molar-refractivity contribution >= 4 is 0 Å². The van der Waals surface area contributed by atoms with E-state index in [1.165, 1.54) is 0 Å². The van der Waals surface area contributed by atoms with Crippen molar-refractivity contribution < 1.29 is 9.13 Å². The summed E-state index contributed by atoms with van der Waals surface area (Å²) in [6, 6.07) is 0. The maximum Gasteiger partial charge on any atom is 0.137 e. The van der Waals surface area contributed by atoms with Crippen LogP contribution in [0.1, 0.15) is 25.7 Å². The maximum atomic E-state index is 13.7. The molecule has 0 amide bonds. The fourth-order valence-electron chi connectivity index (χ4n) is 1.63. The van der Waals surface area contributed by atoms with Gasteiger partial charge in [0.15, 0.2) is 0 Å². The van der Waals surface area contributed by atoms with Crippen LogP contribution < -0.4 is 11.5 Å². The number of hydrogen-bond donors (Lipinski definition) is 2. The minimum atomic E-state index is -1.43. The molecule has 0 spiro atoms. The van der Waals surface area contributed by atoms with E-state index in [1.54, 1.807) is 0 Å². The molecule has 1 heterocycles. The van der Waals surface area contributed by atoms with Gasteiger partial charge >= 0.3 is 0 Å². The Bertz CT molecular complexity index is 145. The van der Waals surface area contributed by atoms with E-state index in [2.05, 4.69) is 0 Å². The van der Waals surface area contributed by atoms with Crippen LogP contribution in [0.4, 0.5) is 4.39 Å². The molecule has 3 nitrogen and oxygen atoms in total. The molecule has 0 aromatic rings. The van der Waals surface area contributed by atoms with Gasteiger partial charge in [0.2, 0.25) is 0 Å². The van der Waals surface area contributed by atoms with Crippen LogP contribution in [0, 0.1) is 0 Å². The minimum Gasteiger partial charge on any atom is -0.378 e. The standard InChI is InChI=1S/C9H19FN2O/c10-9(6-11,7-12)5-8-3-1-2-4-13-8/h8H,1-7,11-12H2. The lowest BCUT2D eigenvalue weighted by molar-refractivity contribution is -0.0208. The highest BCUT2D eigenvalue weighted by molar-refractivity contribution is 4.85. The minimum absolute atomic E-state index is 0.0106. The van der Waals surface area contributed by atoms with Crippen molar-refractivity contribution in [3.8, 4) is 0 Å². The molecule has 1 fully saturated rings. The highest BCUT2D eigenvalue weighted by atomic mass is 19.1. The molecule has 1 aliphatic rings. The Hall–Kier alpha value is -0.190. The molecule has 78 valence electrons. The molecule has 1 rings (SSSR count). The Morgan fingerprint density at radius 1 is 1.31 bits per heavy atom. The van der Waals surface area contributed by atoms with Crippen molar-refractivity contribution in [1.82, 2.24) is 0 Å². The molecule has 1 aliphatic heterocycles. The quantitative estimate of drug-likeness (QED) is 0.681. The van der Waals surface area contributed by atoms with Crippen LogP contribution in [0.2, 0.25) is 0 Å². The summed E-state index contributed by atoms with van der Waals surface area (Å²) in [7, 11) is 0. The first-order valence-electron chi connectivity index (χ1n) is 4.91. The normalized spacial score (nSPS) is 24.7. The first kappa shape index (κ1) is 10.9. The first-order chi connectivity index (χ1) is 6.20. The van der Waals surface area contributed by atoms with Crippen molar-refractivity contribution in [2.75, 3.05) is 19.7 Å². The number of halogens is 1. The molecular weight excluding hydrogens is 171 g/mol. The van der Waals surface area contributed by atoms with Crippen LogP contribution in [0.5, 0.6) is 0 Å². The lowest BCUT2D eigenvalue weighted by atomic mass is 9.94. The second kappa shape index (κ2) is 4.88. The lowest BCUT2D eigenvalue weighted by Gasteiger charge is -2.29. The van der Waals surface area contributed by atoms with Gasteiger partial charge in [-0.2, -0.15) is 0 Å². The van der Waals surface area contributed by atoms with Gasteiger partial charge in [-0.3, -0.25) is 0 Å². The highest BCUT2D eigenvalue weighted by Crippen LogP contribution is 2.23. The van der Waals surface area contributed by atoms with Crippen molar-refractivity contribution in [2.24, 2.45) is 11.5 Å². The van der Waals surface area contributed by atoms with Gasteiger partial charge in [-0.05, 0) is 19.3 Å². The largest absolute Gasteiger partial charge is 0.378 e. The van der Waals surface area contributed by atoms with Gasteiger partial charge in [0, 0.05) is 26.1 Å². The molecule has 1 unspecified atom stereocenters. The Labute approximate surface area is 78.6 Å². The highest BCUT2D eigenvalue weighted by Gasteiger charge is 2.31. The van der Waals surface area contributed by atoms with E-state index < -0.39 is 5.67 Å². The molecule has 1 saturated heterocycles. The van der Waals surface area contributed by atoms with E-state index in [1.807, 2.05) is 0 Å². The van der Waals surface area contributed by atoms with Crippen LogP contribution in [0.3, 0.4) is 0 Å². The van der Waals surface area contributed by atoms with Crippen LogP contribution in [-0.2, 0) is 4.74 Å². The van der Waals surface area contributed by atoms with Gasteiger partial charge < -0.3 is 16.2 Å². The molecule has 4 N–H and O–H groups in total. The topological polar surface area (TPSA) is 61.3 Å². The summed E-state index contributed by atoms with van der Waals surface area (Å²) >= 11 is 0. The average molecular weight is 190 g/mol. The summed E-state index contributed by atoms with van der Waals surface area (Å²) < 4.78 is 19.1. The number of ether oxygens (including phenoxy) is 1. The Morgan fingerprint density at radius 2 is 2.00 bits per heavy atom. The molecule has 0 bridgehead atoms. The second-order valence-corrected chi connectivity index (χ2v) is 3.75. The van der Waals surface area contributed by atoms with E-state index in [0.29, 0.717) is 6.42 Å². The van der Waals surface area contributed by atoms with Gasteiger partial charge in [0.1, 0.15) is 5.67 Å². The van der Waals surface area contributed by atoms with Gasteiger partial charge in [0.05, 0.1) is 6.10 Å². The zero-order valence-electron chi connectivity index (χ0n) is 7.97. The molecule has 4 heteroatoms. The molecular formula is C9H19FN2O. The molecule has 0 aromatic carbocycles. The van der Waals surface area contributed by atoms with E-state index in [9.17, 15) is 4.39 Å². The van der Waals surface area contributed by atoms with Crippen LogP contribution >= 0.6 is 0 Å². The van der Waals surface area contributed by atoms with Crippen LogP contribution in [0.15, 0.2) is 0 Å². The van der Waals surface area contributed by atoms with Crippen molar-refractivity contribution in [1.29, 1.82) is 0 Å². The van der Waals surface area contributed by atoms with Gasteiger partial charge in [-0.25, -0.2) is 4.39 Å². The molecule has 0 aliphatic carbocycles. The number of rotatable bonds is 4. The van der Waals surface area contributed by atoms with Crippen LogP contribution in [0.25, 0.3) is 0 Å². The molecule has 13 heavy (non-hydrogen) atoms. The lowest BCUT2D eigenvalue weighted by Crippen LogP contribution is -2.44. The van der Waals surface area contributed by atoms with E-state index >= 15 is 0 Å². The summed E-state index contributed by atoms with van der Waals surface area (Å²) in [6.45, 7) is 0.725. The third-order valence-electron chi connectivity index (χ3n) is 2.60. The third-order valence-corrected chi connectivity index (χ3v) is 2.60. The van der Waals surface area contributed by atoms with Crippen molar-refractivity contribution in [3.05, 3.63) is 0 Å².